The van der Waals surface area contributed by atoms with Crippen LogP contribution in [0.3, 0.4) is 0 Å². The van der Waals surface area contributed by atoms with E-state index in [2.05, 4.69) is 53.9 Å². The summed E-state index contributed by atoms with van der Waals surface area (Å²) < 4.78 is 0. The molecule has 4 rings (SSSR count). The van der Waals surface area contributed by atoms with Crippen LogP contribution in [0.25, 0.3) is 17.2 Å². The van der Waals surface area contributed by atoms with Gasteiger partial charge < -0.3 is 5.32 Å². The van der Waals surface area contributed by atoms with Crippen molar-refractivity contribution >= 4 is 12.0 Å². The van der Waals surface area contributed by atoms with E-state index in [1.807, 2.05) is 49.4 Å². The molecule has 1 aliphatic carbocycles. The normalized spacial score (nSPS) is 14.0. The number of allylic oxidation sites excluding steroid dienone is 1. The molecular weight excluding hydrogens is 330 g/mol. The van der Waals surface area contributed by atoms with Crippen LogP contribution in [0.5, 0.6) is 0 Å². The number of benzene rings is 3. The number of hydrogen-bond acceptors (Lipinski definition) is 1. The molecule has 0 radical (unpaired) electrons. The predicted octanol–water partition coefficient (Wildman–Crippen LogP) is 5.19. The molecule has 0 atom stereocenters. The molecule has 0 heterocycles. The second-order valence-electron chi connectivity index (χ2n) is 6.87. The van der Waals surface area contributed by atoms with Crippen LogP contribution >= 0.6 is 0 Å². The third kappa shape index (κ3) is 2.87. The van der Waals surface area contributed by atoms with Crippen molar-refractivity contribution < 1.29 is 4.79 Å². The van der Waals surface area contributed by atoms with Crippen molar-refractivity contribution in [2.75, 3.05) is 6.54 Å². The van der Waals surface area contributed by atoms with Crippen LogP contribution in [0.2, 0.25) is 0 Å². The zero-order valence-electron chi connectivity index (χ0n) is 15.5. The third-order valence-electron chi connectivity index (χ3n) is 5.32. The van der Waals surface area contributed by atoms with Gasteiger partial charge in [-0.15, -0.1) is 0 Å². The summed E-state index contributed by atoms with van der Waals surface area (Å²) in [6.07, 6.45) is 4.86. The second-order valence-corrected chi connectivity index (χ2v) is 6.87. The number of rotatable bonds is 5. The molecule has 134 valence electrons. The van der Waals surface area contributed by atoms with Gasteiger partial charge in [-0.3, -0.25) is 4.79 Å². The standard InChI is InChI=1S/C25H23NO/c1-2-26-24(27)25(18-10-13-19-11-4-3-5-12-19)22-16-8-6-14-20(22)21-15-7-9-17-23(21)25/h3-17H,2,18H2,1H3,(H,26,27). The van der Waals surface area contributed by atoms with E-state index in [0.29, 0.717) is 13.0 Å². The Morgan fingerprint density at radius 3 is 2.00 bits per heavy atom. The summed E-state index contributed by atoms with van der Waals surface area (Å²) in [4.78, 5) is 13.4. The molecule has 2 nitrogen and oxygen atoms in total. The molecule has 3 aromatic rings. The minimum Gasteiger partial charge on any atom is -0.355 e. The first-order chi connectivity index (χ1) is 13.3. The minimum absolute atomic E-state index is 0.0695. The monoisotopic (exact) mass is 353 g/mol. The maximum Gasteiger partial charge on any atom is 0.235 e. The van der Waals surface area contributed by atoms with E-state index in [-0.39, 0.29) is 5.91 Å². The lowest BCUT2D eigenvalue weighted by Gasteiger charge is -2.29. The molecule has 27 heavy (non-hydrogen) atoms. The molecule has 1 N–H and O–H groups in total. The molecule has 1 amide bonds. The Kier molecular flexibility index (Phi) is 4.64. The van der Waals surface area contributed by atoms with Gasteiger partial charge in [-0.25, -0.2) is 0 Å². The van der Waals surface area contributed by atoms with E-state index in [0.717, 1.165) is 27.8 Å². The molecule has 2 heteroatoms. The molecular formula is C25H23NO. The lowest BCUT2D eigenvalue weighted by Crippen LogP contribution is -2.43. The van der Waals surface area contributed by atoms with Crippen molar-refractivity contribution in [2.24, 2.45) is 0 Å². The van der Waals surface area contributed by atoms with Gasteiger partial charge in [-0.2, -0.15) is 0 Å². The fourth-order valence-electron chi connectivity index (χ4n) is 4.13. The fourth-order valence-corrected chi connectivity index (χ4v) is 4.13. The number of nitrogens with one attached hydrogen (secondary N) is 1. The molecule has 0 spiro atoms. The molecule has 1 aliphatic rings. The van der Waals surface area contributed by atoms with Gasteiger partial charge in [0.05, 0.1) is 0 Å². The zero-order chi connectivity index (χ0) is 18.7. The predicted molar refractivity (Wildman–Crippen MR) is 111 cm³/mol. The Labute approximate surface area is 160 Å². The second kappa shape index (κ2) is 7.24. The summed E-state index contributed by atoms with van der Waals surface area (Å²) in [5, 5.41) is 3.09. The zero-order valence-corrected chi connectivity index (χ0v) is 15.5. The van der Waals surface area contributed by atoms with Gasteiger partial charge in [0, 0.05) is 6.54 Å². The molecule has 0 aliphatic heterocycles. The van der Waals surface area contributed by atoms with Crippen LogP contribution in [-0.4, -0.2) is 12.5 Å². The van der Waals surface area contributed by atoms with Gasteiger partial charge in [-0.1, -0.05) is 91.0 Å². The van der Waals surface area contributed by atoms with Gasteiger partial charge >= 0.3 is 0 Å². The minimum atomic E-state index is -0.686. The maximum absolute atomic E-state index is 13.4. The fraction of sp³-hybridized carbons (Fsp3) is 0.160. The molecule has 3 aromatic carbocycles. The highest BCUT2D eigenvalue weighted by molar-refractivity contribution is 6.00. The van der Waals surface area contributed by atoms with Crippen LogP contribution in [0.4, 0.5) is 0 Å². The first-order valence-electron chi connectivity index (χ1n) is 9.46. The summed E-state index contributed by atoms with van der Waals surface area (Å²) in [6.45, 7) is 2.59. The number of fused-ring (bicyclic) bond motifs is 3. The van der Waals surface area contributed by atoms with Crippen LogP contribution in [0, 0.1) is 0 Å². The van der Waals surface area contributed by atoms with E-state index < -0.39 is 5.41 Å². The van der Waals surface area contributed by atoms with Crippen molar-refractivity contribution in [3.8, 4) is 11.1 Å². The smallest absolute Gasteiger partial charge is 0.235 e. The van der Waals surface area contributed by atoms with E-state index in [1.54, 1.807) is 0 Å². The van der Waals surface area contributed by atoms with E-state index in [9.17, 15) is 4.79 Å². The molecule has 0 fully saturated rings. The average molecular weight is 353 g/mol. The highest BCUT2D eigenvalue weighted by Crippen LogP contribution is 2.51. The summed E-state index contributed by atoms with van der Waals surface area (Å²) >= 11 is 0. The summed E-state index contributed by atoms with van der Waals surface area (Å²) in [6, 6.07) is 26.8. The van der Waals surface area contributed by atoms with Crippen molar-refractivity contribution in [3.63, 3.8) is 0 Å². The largest absolute Gasteiger partial charge is 0.355 e. The van der Waals surface area contributed by atoms with Gasteiger partial charge in [0.2, 0.25) is 5.91 Å². The number of amides is 1. The SMILES string of the molecule is CCNC(=O)C1(CC=Cc2ccccc2)c2ccccc2-c2ccccc21. The molecule has 0 aromatic heterocycles. The quantitative estimate of drug-likeness (QED) is 0.672. The van der Waals surface area contributed by atoms with Crippen molar-refractivity contribution in [1.29, 1.82) is 0 Å². The van der Waals surface area contributed by atoms with Crippen LogP contribution in [0.15, 0.2) is 84.9 Å². The van der Waals surface area contributed by atoms with Crippen LogP contribution in [0.1, 0.15) is 30.0 Å². The van der Waals surface area contributed by atoms with Gasteiger partial charge in [0.15, 0.2) is 0 Å². The highest BCUT2D eigenvalue weighted by Gasteiger charge is 2.47. The van der Waals surface area contributed by atoms with E-state index >= 15 is 0 Å². The van der Waals surface area contributed by atoms with Gasteiger partial charge in [0.25, 0.3) is 0 Å². The lowest BCUT2D eigenvalue weighted by molar-refractivity contribution is -0.125. The topological polar surface area (TPSA) is 29.1 Å². The van der Waals surface area contributed by atoms with Crippen molar-refractivity contribution in [1.82, 2.24) is 5.32 Å². The first kappa shape index (κ1) is 17.3. The Balaban J connectivity index is 1.84. The summed E-state index contributed by atoms with van der Waals surface area (Å²) in [7, 11) is 0. The van der Waals surface area contributed by atoms with Crippen molar-refractivity contribution in [3.05, 3.63) is 102 Å². The van der Waals surface area contributed by atoms with E-state index in [4.69, 9.17) is 0 Å². The molecule has 0 unspecified atom stereocenters. The Morgan fingerprint density at radius 2 is 1.41 bits per heavy atom. The number of hydrogen-bond donors (Lipinski definition) is 1. The lowest BCUT2D eigenvalue weighted by atomic mass is 9.74. The van der Waals surface area contributed by atoms with E-state index in [1.165, 1.54) is 0 Å². The summed E-state index contributed by atoms with van der Waals surface area (Å²) in [5.74, 6) is 0.0695. The Morgan fingerprint density at radius 1 is 0.852 bits per heavy atom. The van der Waals surface area contributed by atoms with Crippen LogP contribution in [-0.2, 0) is 10.2 Å². The third-order valence-corrected chi connectivity index (χ3v) is 5.32. The number of likely N-dealkylation sites (N-methyl/N-ethyl adjacent to an activating group) is 1. The molecule has 0 saturated heterocycles. The molecule has 0 bridgehead atoms. The average Bonchev–Trinajstić information content (AvgIpc) is 3.01. The molecule has 0 saturated carbocycles. The number of carbonyl (C=O) groups excluding carboxylic acids is 1. The number of carbonyl (C=O) groups is 1. The summed E-state index contributed by atoms with van der Waals surface area (Å²) in [5.41, 5.74) is 4.96. The Bertz CT molecular complexity index is 942. The highest BCUT2D eigenvalue weighted by atomic mass is 16.2. The first-order valence-corrected chi connectivity index (χ1v) is 9.46. The Hall–Kier alpha value is -3.13. The van der Waals surface area contributed by atoms with Crippen LogP contribution < -0.4 is 5.32 Å². The maximum atomic E-state index is 13.4. The van der Waals surface area contributed by atoms with Gasteiger partial charge in [-0.05, 0) is 41.2 Å². The van der Waals surface area contributed by atoms with Gasteiger partial charge in [0.1, 0.15) is 5.41 Å². The van der Waals surface area contributed by atoms with Crippen molar-refractivity contribution in [2.45, 2.75) is 18.8 Å².